The lowest BCUT2D eigenvalue weighted by Gasteiger charge is -2.03. The van der Waals surface area contributed by atoms with Crippen LogP contribution < -0.4 is 11.3 Å². The minimum Gasteiger partial charge on any atom is -0.506 e. The third-order valence-corrected chi connectivity index (χ3v) is 3.57. The van der Waals surface area contributed by atoms with Crippen molar-refractivity contribution in [2.45, 2.75) is 13.3 Å². The number of hydrogen-bond donors (Lipinski definition) is 3. The molecule has 1 aromatic carbocycles. The Morgan fingerprint density at radius 1 is 1.45 bits per heavy atom. The van der Waals surface area contributed by atoms with Crippen LogP contribution in [0.25, 0.3) is 0 Å². The zero-order chi connectivity index (χ0) is 14.7. The average molecular weight is 404 g/mol. The molecule has 0 unspecified atom stereocenters. The number of aromatic nitrogens is 3. The Morgan fingerprint density at radius 3 is 2.85 bits per heavy atom. The van der Waals surface area contributed by atoms with Crippen LogP contribution in [0.1, 0.15) is 18.3 Å². The summed E-state index contributed by atoms with van der Waals surface area (Å²) in [5.74, 6) is 6.84. The number of benzene rings is 1. The van der Waals surface area contributed by atoms with Crippen molar-refractivity contribution in [1.82, 2.24) is 14.9 Å². The Morgan fingerprint density at radius 2 is 2.20 bits per heavy atom. The highest BCUT2D eigenvalue weighted by atomic mass is 79.9. The molecule has 106 valence electrons. The summed E-state index contributed by atoms with van der Waals surface area (Å²) in [5.41, 5.74) is 3.21. The van der Waals surface area contributed by atoms with Gasteiger partial charge in [-0.1, -0.05) is 22.9 Å². The molecule has 1 aromatic heterocycles. The molecule has 9 heteroatoms. The van der Waals surface area contributed by atoms with E-state index in [9.17, 15) is 5.11 Å². The van der Waals surface area contributed by atoms with Crippen molar-refractivity contribution in [2.24, 2.45) is 5.10 Å². The van der Waals surface area contributed by atoms with Crippen LogP contribution in [-0.4, -0.2) is 26.2 Å². The van der Waals surface area contributed by atoms with Crippen LogP contribution in [0.3, 0.4) is 0 Å². The molecule has 2 rings (SSSR count). The lowest BCUT2D eigenvalue weighted by atomic mass is 10.2. The number of nitrogens with two attached hydrogens (primary N) is 1. The van der Waals surface area contributed by atoms with Gasteiger partial charge >= 0.3 is 0 Å². The van der Waals surface area contributed by atoms with Crippen LogP contribution in [0.5, 0.6) is 5.75 Å². The number of hydrogen-bond acceptors (Lipinski definition) is 6. The number of phenols is 1. The fraction of sp³-hybridized carbons (Fsp3) is 0.182. The summed E-state index contributed by atoms with van der Waals surface area (Å²) in [4.78, 5) is 0. The Kier molecular flexibility index (Phi) is 4.61. The summed E-state index contributed by atoms with van der Waals surface area (Å²) in [7, 11) is 0. The molecule has 0 spiro atoms. The summed E-state index contributed by atoms with van der Waals surface area (Å²) < 4.78 is 2.72. The Labute approximate surface area is 132 Å². The first-order chi connectivity index (χ1) is 9.52. The zero-order valence-corrected chi connectivity index (χ0v) is 13.7. The van der Waals surface area contributed by atoms with Crippen molar-refractivity contribution >= 4 is 44.0 Å². The van der Waals surface area contributed by atoms with Gasteiger partial charge in [-0.3, -0.25) is 0 Å². The maximum absolute atomic E-state index is 9.87. The van der Waals surface area contributed by atoms with E-state index < -0.39 is 0 Å². The largest absolute Gasteiger partial charge is 0.506 e. The minimum absolute atomic E-state index is 0.0993. The summed E-state index contributed by atoms with van der Waals surface area (Å²) in [5, 5.41) is 21.6. The van der Waals surface area contributed by atoms with E-state index >= 15 is 0 Å². The number of rotatable bonds is 4. The number of aromatic hydroxyl groups is 1. The third-order valence-electron chi connectivity index (χ3n) is 2.51. The SMILES string of the molecule is CCc1nnc(N/N=C\c2cc(Br)cc(Br)c2O)n1N. The first-order valence-electron chi connectivity index (χ1n) is 5.69. The molecule has 0 fully saturated rings. The molecule has 0 atom stereocenters. The molecular weight excluding hydrogens is 392 g/mol. The predicted octanol–water partition coefficient (Wildman–Crippen LogP) is 2.23. The van der Waals surface area contributed by atoms with Crippen LogP contribution in [0, 0.1) is 0 Å². The molecule has 0 bridgehead atoms. The van der Waals surface area contributed by atoms with Crippen LogP contribution >= 0.6 is 31.9 Å². The van der Waals surface area contributed by atoms with Crippen molar-refractivity contribution in [2.75, 3.05) is 11.3 Å². The molecule has 1 heterocycles. The highest BCUT2D eigenvalue weighted by Gasteiger charge is 2.07. The minimum atomic E-state index is 0.0993. The molecule has 2 aromatic rings. The summed E-state index contributed by atoms with van der Waals surface area (Å²) >= 11 is 6.59. The van der Waals surface area contributed by atoms with Crippen molar-refractivity contribution in [3.63, 3.8) is 0 Å². The van der Waals surface area contributed by atoms with E-state index in [0.717, 1.165) is 4.47 Å². The number of nitrogens with zero attached hydrogens (tertiary/aromatic N) is 4. The van der Waals surface area contributed by atoms with E-state index in [4.69, 9.17) is 5.84 Å². The third kappa shape index (κ3) is 3.10. The maximum Gasteiger partial charge on any atom is 0.263 e. The van der Waals surface area contributed by atoms with Crippen LogP contribution in [-0.2, 0) is 6.42 Å². The number of hydrazone groups is 1. The quantitative estimate of drug-likeness (QED) is 0.412. The fourth-order valence-corrected chi connectivity index (χ4v) is 2.74. The monoisotopic (exact) mass is 402 g/mol. The van der Waals surface area contributed by atoms with E-state index in [1.807, 2.05) is 6.92 Å². The number of aryl methyl sites for hydroxylation is 1. The van der Waals surface area contributed by atoms with Gasteiger partial charge in [-0.15, -0.1) is 10.2 Å². The second-order valence-corrected chi connectivity index (χ2v) is 5.63. The second-order valence-electron chi connectivity index (χ2n) is 3.86. The number of phenolic OH excluding ortho intramolecular Hbond substituents is 1. The predicted molar refractivity (Wildman–Crippen MR) is 84.3 cm³/mol. The number of halogens is 2. The number of nitrogen functional groups attached to an aromatic ring is 1. The normalized spacial score (nSPS) is 11.2. The highest BCUT2D eigenvalue weighted by Crippen LogP contribution is 2.30. The van der Waals surface area contributed by atoms with Gasteiger partial charge in [0.2, 0.25) is 0 Å². The molecule has 0 aliphatic heterocycles. The molecule has 4 N–H and O–H groups in total. The van der Waals surface area contributed by atoms with Gasteiger partial charge in [-0.2, -0.15) is 5.10 Å². The summed E-state index contributed by atoms with van der Waals surface area (Å²) in [6, 6.07) is 3.47. The summed E-state index contributed by atoms with van der Waals surface area (Å²) in [6.07, 6.45) is 2.14. The number of anilines is 1. The van der Waals surface area contributed by atoms with E-state index in [1.165, 1.54) is 10.9 Å². The lowest BCUT2D eigenvalue weighted by molar-refractivity contribution is 0.471. The van der Waals surface area contributed by atoms with Crippen LogP contribution in [0.4, 0.5) is 5.95 Å². The first kappa shape index (κ1) is 14.8. The molecular formula is C11H12Br2N6O. The van der Waals surface area contributed by atoms with Crippen molar-refractivity contribution in [3.8, 4) is 5.75 Å². The standard InChI is InChI=1S/C11H12Br2N6O/c1-2-9-16-18-11(19(9)14)17-15-5-6-3-7(12)4-8(13)10(6)20/h3-5,20H,2,14H2,1H3,(H,17,18)/b15-5-. The molecule has 0 aliphatic carbocycles. The Bertz CT molecular complexity index is 655. The molecule has 20 heavy (non-hydrogen) atoms. The molecule has 0 saturated heterocycles. The van der Waals surface area contributed by atoms with Crippen LogP contribution in [0.15, 0.2) is 26.2 Å². The molecule has 0 saturated carbocycles. The molecule has 0 radical (unpaired) electrons. The van der Waals surface area contributed by atoms with Gasteiger partial charge < -0.3 is 10.9 Å². The smallest absolute Gasteiger partial charge is 0.263 e. The maximum atomic E-state index is 9.87. The molecule has 0 aliphatic rings. The topological polar surface area (TPSA) is 101 Å². The lowest BCUT2D eigenvalue weighted by Crippen LogP contribution is -2.14. The summed E-state index contributed by atoms with van der Waals surface area (Å²) in [6.45, 7) is 1.93. The van der Waals surface area contributed by atoms with E-state index in [2.05, 4.69) is 52.6 Å². The van der Waals surface area contributed by atoms with E-state index in [1.54, 1.807) is 12.1 Å². The molecule has 7 nitrogen and oxygen atoms in total. The van der Waals surface area contributed by atoms with Gasteiger partial charge in [0.1, 0.15) is 5.75 Å². The van der Waals surface area contributed by atoms with E-state index in [0.29, 0.717) is 28.2 Å². The first-order valence-corrected chi connectivity index (χ1v) is 7.28. The van der Waals surface area contributed by atoms with Crippen molar-refractivity contribution in [3.05, 3.63) is 32.5 Å². The van der Waals surface area contributed by atoms with Gasteiger partial charge in [0, 0.05) is 16.5 Å². The van der Waals surface area contributed by atoms with Gasteiger partial charge in [-0.05, 0) is 28.1 Å². The average Bonchev–Trinajstić information content (AvgIpc) is 2.76. The molecule has 0 amide bonds. The number of nitrogens with one attached hydrogen (secondary N) is 1. The van der Waals surface area contributed by atoms with Crippen molar-refractivity contribution < 1.29 is 5.11 Å². The van der Waals surface area contributed by atoms with Crippen LogP contribution in [0.2, 0.25) is 0 Å². The van der Waals surface area contributed by atoms with E-state index in [-0.39, 0.29) is 5.75 Å². The van der Waals surface area contributed by atoms with Gasteiger partial charge in [0.15, 0.2) is 5.82 Å². The second kappa shape index (κ2) is 6.23. The van der Waals surface area contributed by atoms with Gasteiger partial charge in [-0.25, -0.2) is 10.1 Å². The fourth-order valence-electron chi connectivity index (χ4n) is 1.48. The Hall–Kier alpha value is -1.61. The van der Waals surface area contributed by atoms with Gasteiger partial charge in [0.05, 0.1) is 10.7 Å². The zero-order valence-electron chi connectivity index (χ0n) is 10.5. The van der Waals surface area contributed by atoms with Gasteiger partial charge in [0.25, 0.3) is 5.95 Å². The Balaban J connectivity index is 2.16. The highest BCUT2D eigenvalue weighted by molar-refractivity contribution is 9.11. The van der Waals surface area contributed by atoms with Crippen molar-refractivity contribution in [1.29, 1.82) is 0 Å².